The molecule has 4 atom stereocenters. The zero-order valence-electron chi connectivity index (χ0n) is 14.6. The monoisotopic (exact) mass is 398 g/mol. The maximum atomic E-state index is 13.1. The molecule has 3 fully saturated rings. The number of carbonyl (C=O) groups excluding carboxylic acids is 1. The van der Waals surface area contributed by atoms with Crippen LogP contribution in [0.15, 0.2) is 0 Å². The number of carbonyl (C=O) groups is 2. The fourth-order valence-electron chi connectivity index (χ4n) is 4.81. The van der Waals surface area contributed by atoms with Crippen LogP contribution in [0.2, 0.25) is 0 Å². The van der Waals surface area contributed by atoms with Crippen molar-refractivity contribution in [1.29, 1.82) is 0 Å². The molecular formula is C17H26ClF3N2O3. The summed E-state index contributed by atoms with van der Waals surface area (Å²) in [5.74, 6) is -4.47. The molecule has 3 rings (SSSR count). The second kappa shape index (κ2) is 8.33. The Labute approximate surface area is 157 Å². The number of rotatable bonds is 3. The fraction of sp³-hybridized carbons (Fsp3) is 0.882. The summed E-state index contributed by atoms with van der Waals surface area (Å²) in [6.45, 7) is -0.0696. The third-order valence-electron chi connectivity index (χ3n) is 6.06. The third-order valence-corrected chi connectivity index (χ3v) is 6.06. The van der Waals surface area contributed by atoms with Crippen molar-refractivity contribution < 1.29 is 27.9 Å². The Morgan fingerprint density at radius 2 is 1.69 bits per heavy atom. The van der Waals surface area contributed by atoms with Gasteiger partial charge < -0.3 is 10.0 Å². The molecule has 26 heavy (non-hydrogen) atoms. The van der Waals surface area contributed by atoms with E-state index in [0.717, 1.165) is 32.1 Å². The quantitative estimate of drug-likeness (QED) is 0.794. The van der Waals surface area contributed by atoms with Gasteiger partial charge in [-0.1, -0.05) is 12.8 Å². The first-order valence-corrected chi connectivity index (χ1v) is 9.08. The van der Waals surface area contributed by atoms with Crippen LogP contribution in [0.1, 0.15) is 38.5 Å². The van der Waals surface area contributed by atoms with Crippen LogP contribution in [0.4, 0.5) is 13.2 Å². The molecule has 9 heteroatoms. The Balaban J connectivity index is 0.00000243. The predicted molar refractivity (Wildman–Crippen MR) is 91.1 cm³/mol. The average Bonchev–Trinajstić information content (AvgIpc) is 2.98. The Bertz CT molecular complexity index is 530. The highest BCUT2D eigenvalue weighted by Gasteiger charge is 2.53. The molecule has 150 valence electrons. The summed E-state index contributed by atoms with van der Waals surface area (Å²) in [6, 6.07) is 0.214. The molecule has 2 unspecified atom stereocenters. The van der Waals surface area contributed by atoms with Crippen molar-refractivity contribution in [3.63, 3.8) is 0 Å². The summed E-state index contributed by atoms with van der Waals surface area (Å²) < 4.78 is 39.2. The molecule has 0 aromatic carbocycles. The van der Waals surface area contributed by atoms with Crippen LogP contribution >= 0.6 is 12.4 Å². The third kappa shape index (κ3) is 4.44. The number of nitrogens with zero attached hydrogens (tertiary/aromatic N) is 2. The lowest BCUT2D eigenvalue weighted by molar-refractivity contribution is -0.188. The highest BCUT2D eigenvalue weighted by Crippen LogP contribution is 2.38. The molecule has 2 aliphatic heterocycles. The smallest absolute Gasteiger partial charge is 0.393 e. The Morgan fingerprint density at radius 1 is 1.04 bits per heavy atom. The first-order valence-electron chi connectivity index (χ1n) is 9.08. The van der Waals surface area contributed by atoms with E-state index in [1.54, 1.807) is 0 Å². The first-order chi connectivity index (χ1) is 11.8. The maximum absolute atomic E-state index is 13.1. The number of carboxylic acids is 1. The number of hydrogen-bond donors (Lipinski definition) is 1. The summed E-state index contributed by atoms with van der Waals surface area (Å²) in [5, 5.41) is 9.08. The number of likely N-dealkylation sites (tertiary alicyclic amines) is 2. The van der Waals surface area contributed by atoms with Crippen molar-refractivity contribution in [2.45, 2.75) is 50.7 Å². The number of amides is 1. The van der Waals surface area contributed by atoms with E-state index in [1.807, 2.05) is 4.90 Å². The number of aliphatic carboxylic acids is 1. The second-order valence-electron chi connectivity index (χ2n) is 7.63. The summed E-state index contributed by atoms with van der Waals surface area (Å²) in [7, 11) is 0. The van der Waals surface area contributed by atoms with Crippen molar-refractivity contribution in [3.05, 3.63) is 0 Å². The van der Waals surface area contributed by atoms with E-state index in [-0.39, 0.29) is 37.4 Å². The Kier molecular flexibility index (Phi) is 6.82. The summed E-state index contributed by atoms with van der Waals surface area (Å²) in [5.41, 5.74) is 0. The highest BCUT2D eigenvalue weighted by molar-refractivity contribution is 5.85. The molecular weight excluding hydrogens is 373 g/mol. The van der Waals surface area contributed by atoms with Gasteiger partial charge >= 0.3 is 12.1 Å². The summed E-state index contributed by atoms with van der Waals surface area (Å²) in [6.07, 6.45) is 1.87. The van der Waals surface area contributed by atoms with Crippen LogP contribution in [0.3, 0.4) is 0 Å². The first kappa shape index (κ1) is 21.3. The van der Waals surface area contributed by atoms with Crippen LogP contribution in [0.25, 0.3) is 0 Å². The number of halogens is 4. The molecule has 1 amide bonds. The van der Waals surface area contributed by atoms with Crippen LogP contribution < -0.4 is 0 Å². The van der Waals surface area contributed by atoms with Crippen LogP contribution in [-0.4, -0.2) is 65.2 Å². The average molecular weight is 399 g/mol. The minimum absolute atomic E-state index is 0. The number of piperidine rings is 1. The van der Waals surface area contributed by atoms with Crippen molar-refractivity contribution in [1.82, 2.24) is 9.80 Å². The molecule has 2 saturated heterocycles. The predicted octanol–water partition coefficient (Wildman–Crippen LogP) is 2.78. The molecule has 0 radical (unpaired) electrons. The van der Waals surface area contributed by atoms with Crippen molar-refractivity contribution in [2.24, 2.45) is 17.8 Å². The van der Waals surface area contributed by atoms with Gasteiger partial charge in [-0.3, -0.25) is 14.5 Å². The number of hydrogen-bond acceptors (Lipinski definition) is 3. The molecule has 0 aromatic heterocycles. The van der Waals surface area contributed by atoms with Crippen LogP contribution in [0, 0.1) is 17.8 Å². The van der Waals surface area contributed by atoms with Gasteiger partial charge in [0.1, 0.15) is 0 Å². The van der Waals surface area contributed by atoms with E-state index >= 15 is 0 Å². The zero-order chi connectivity index (χ0) is 18.2. The fourth-order valence-corrected chi connectivity index (χ4v) is 4.81. The standard InChI is InChI=1S/C17H25F3N2O3.ClH/c18-17(19,20)13-9-21(8-12(13)16(24)25)10-15(23)22-7-3-5-11-4-1-2-6-14(11)22;/h11-14H,1-10H2,(H,24,25);1H/t11?,12-,13-,14?;/m1./s1. The van der Waals surface area contributed by atoms with Gasteiger partial charge in [0.15, 0.2) is 0 Å². The van der Waals surface area contributed by atoms with Gasteiger partial charge in [-0.15, -0.1) is 12.4 Å². The zero-order valence-corrected chi connectivity index (χ0v) is 15.4. The van der Waals surface area contributed by atoms with Crippen LogP contribution in [-0.2, 0) is 9.59 Å². The van der Waals surface area contributed by atoms with Gasteiger partial charge in [-0.05, 0) is 31.6 Å². The van der Waals surface area contributed by atoms with E-state index in [1.165, 1.54) is 11.3 Å². The highest BCUT2D eigenvalue weighted by atomic mass is 35.5. The van der Waals surface area contributed by atoms with Crippen molar-refractivity contribution >= 4 is 24.3 Å². The minimum Gasteiger partial charge on any atom is -0.481 e. The largest absolute Gasteiger partial charge is 0.481 e. The SMILES string of the molecule is Cl.O=C(O)[C@@H]1CN(CC(=O)N2CCCC3CCCCC32)C[C@H]1C(F)(F)F. The van der Waals surface area contributed by atoms with E-state index < -0.39 is 30.5 Å². The normalized spacial score (nSPS) is 32.7. The van der Waals surface area contributed by atoms with Gasteiger partial charge in [0.2, 0.25) is 5.91 Å². The Hall–Kier alpha value is -1.02. The lowest BCUT2D eigenvalue weighted by Crippen LogP contribution is -2.52. The van der Waals surface area contributed by atoms with E-state index in [9.17, 15) is 22.8 Å². The molecule has 0 spiro atoms. The molecule has 5 nitrogen and oxygen atoms in total. The maximum Gasteiger partial charge on any atom is 0.393 e. The van der Waals surface area contributed by atoms with E-state index in [0.29, 0.717) is 12.5 Å². The van der Waals surface area contributed by atoms with Crippen molar-refractivity contribution in [2.75, 3.05) is 26.2 Å². The molecule has 0 bridgehead atoms. The molecule has 1 aliphatic carbocycles. The van der Waals surface area contributed by atoms with Gasteiger partial charge in [-0.25, -0.2) is 0 Å². The lowest BCUT2D eigenvalue weighted by Gasteiger charge is -2.44. The molecule has 0 aromatic rings. The van der Waals surface area contributed by atoms with Crippen molar-refractivity contribution in [3.8, 4) is 0 Å². The van der Waals surface area contributed by atoms with E-state index in [2.05, 4.69) is 0 Å². The molecule has 1 N–H and O–H groups in total. The van der Waals surface area contributed by atoms with Gasteiger partial charge in [0, 0.05) is 25.7 Å². The number of fused-ring (bicyclic) bond motifs is 1. The molecule has 1 saturated carbocycles. The Morgan fingerprint density at radius 3 is 2.31 bits per heavy atom. The topological polar surface area (TPSA) is 60.9 Å². The molecule has 3 aliphatic rings. The lowest BCUT2D eigenvalue weighted by atomic mass is 9.78. The summed E-state index contributed by atoms with van der Waals surface area (Å²) >= 11 is 0. The number of carboxylic acid groups (broad SMARTS) is 1. The van der Waals surface area contributed by atoms with Crippen LogP contribution in [0.5, 0.6) is 0 Å². The molecule has 2 heterocycles. The van der Waals surface area contributed by atoms with Gasteiger partial charge in [0.25, 0.3) is 0 Å². The van der Waals surface area contributed by atoms with Gasteiger partial charge in [0.05, 0.1) is 18.4 Å². The summed E-state index contributed by atoms with van der Waals surface area (Å²) in [4.78, 5) is 27.1. The second-order valence-corrected chi connectivity index (χ2v) is 7.63. The number of alkyl halides is 3. The van der Waals surface area contributed by atoms with E-state index in [4.69, 9.17) is 5.11 Å². The minimum atomic E-state index is -4.56. The van der Waals surface area contributed by atoms with Gasteiger partial charge in [-0.2, -0.15) is 13.2 Å².